The van der Waals surface area contributed by atoms with Crippen LogP contribution < -0.4 is 0 Å². The summed E-state index contributed by atoms with van der Waals surface area (Å²) in [5, 5.41) is 9.38. The molecule has 0 aliphatic heterocycles. The maximum Gasteiger partial charge on any atom is 0.295 e. The Morgan fingerprint density at radius 1 is 1.47 bits per heavy atom. The summed E-state index contributed by atoms with van der Waals surface area (Å²) in [6.07, 6.45) is 0.253. The van der Waals surface area contributed by atoms with Crippen molar-refractivity contribution in [3.63, 3.8) is 0 Å². The van der Waals surface area contributed by atoms with Crippen molar-refractivity contribution < 1.29 is 14.7 Å². The molecule has 0 radical (unpaired) electrons. The molecular weight excluding hydrogens is 198 g/mol. The molecule has 1 aromatic rings. The van der Waals surface area contributed by atoms with E-state index in [1.807, 2.05) is 0 Å². The molecule has 1 aliphatic rings. The number of benzene rings is 1. The molecule has 1 unspecified atom stereocenters. The van der Waals surface area contributed by atoms with Gasteiger partial charge in [0.2, 0.25) is 0 Å². The third-order valence-electron chi connectivity index (χ3n) is 2.55. The van der Waals surface area contributed by atoms with Crippen molar-refractivity contribution >= 4 is 5.78 Å². The van der Waals surface area contributed by atoms with Gasteiger partial charge in [-0.05, 0) is 12.5 Å². The summed E-state index contributed by atoms with van der Waals surface area (Å²) in [7, 11) is 0. The van der Waals surface area contributed by atoms with Crippen molar-refractivity contribution in [2.75, 3.05) is 0 Å². The fourth-order valence-corrected chi connectivity index (χ4v) is 1.86. The van der Waals surface area contributed by atoms with E-state index in [-0.39, 0.29) is 12.2 Å². The molecule has 0 N–H and O–H groups in total. The lowest BCUT2D eigenvalue weighted by molar-refractivity contribution is -0.774. The zero-order chi connectivity index (χ0) is 11.1. The van der Waals surface area contributed by atoms with Crippen LogP contribution in [0.25, 0.3) is 0 Å². The van der Waals surface area contributed by atoms with Gasteiger partial charge in [-0.15, -0.1) is 10.1 Å². The van der Waals surface area contributed by atoms with Gasteiger partial charge in [0.25, 0.3) is 5.09 Å². The molecule has 5 nitrogen and oxygen atoms in total. The quantitative estimate of drug-likeness (QED) is 0.542. The molecule has 0 aromatic heterocycles. The number of fused-ring (bicyclic) bond motifs is 1. The highest BCUT2D eigenvalue weighted by Gasteiger charge is 2.44. The molecule has 0 fully saturated rings. The topological polar surface area (TPSA) is 69.4 Å². The van der Waals surface area contributed by atoms with E-state index in [4.69, 9.17) is 0 Å². The molecule has 0 heterocycles. The van der Waals surface area contributed by atoms with E-state index in [0.29, 0.717) is 5.56 Å². The fourth-order valence-electron chi connectivity index (χ4n) is 1.86. The predicted molar refractivity (Wildman–Crippen MR) is 51.0 cm³/mol. The van der Waals surface area contributed by atoms with Crippen LogP contribution in [-0.2, 0) is 11.3 Å². The summed E-state index contributed by atoms with van der Waals surface area (Å²) in [5.74, 6) is -0.324. The van der Waals surface area contributed by atoms with Crippen LogP contribution in [0.5, 0.6) is 0 Å². The molecule has 1 atom stereocenters. The average Bonchev–Trinajstić information content (AvgIpc) is 2.39. The first-order valence-electron chi connectivity index (χ1n) is 4.49. The number of Topliss-reactive ketones (excluding diaryl/α,β-unsaturated/α-hetero) is 1. The van der Waals surface area contributed by atoms with Crippen LogP contribution in [0.2, 0.25) is 0 Å². The summed E-state index contributed by atoms with van der Waals surface area (Å²) in [6.45, 7) is 1.44. The van der Waals surface area contributed by atoms with Crippen LogP contribution in [0.1, 0.15) is 22.8 Å². The monoisotopic (exact) mass is 207 g/mol. The van der Waals surface area contributed by atoms with Gasteiger partial charge in [0.15, 0.2) is 11.4 Å². The van der Waals surface area contributed by atoms with Gasteiger partial charge in [-0.1, -0.05) is 24.3 Å². The van der Waals surface area contributed by atoms with Crippen molar-refractivity contribution in [3.8, 4) is 0 Å². The largest absolute Gasteiger partial charge is 0.299 e. The lowest BCUT2D eigenvalue weighted by Gasteiger charge is -2.18. The first-order valence-corrected chi connectivity index (χ1v) is 4.49. The van der Waals surface area contributed by atoms with Crippen molar-refractivity contribution in [3.05, 3.63) is 45.5 Å². The van der Waals surface area contributed by atoms with Crippen LogP contribution in [0.3, 0.4) is 0 Å². The van der Waals surface area contributed by atoms with E-state index in [1.165, 1.54) is 6.92 Å². The minimum atomic E-state index is -1.35. The highest BCUT2D eigenvalue weighted by Crippen LogP contribution is 2.32. The number of rotatable bonds is 2. The van der Waals surface area contributed by atoms with Gasteiger partial charge in [0, 0.05) is 12.0 Å². The van der Waals surface area contributed by atoms with Crippen LogP contribution in [0.15, 0.2) is 24.3 Å². The van der Waals surface area contributed by atoms with Crippen molar-refractivity contribution in [1.29, 1.82) is 0 Å². The van der Waals surface area contributed by atoms with Crippen molar-refractivity contribution in [2.24, 2.45) is 0 Å². The first kappa shape index (κ1) is 9.64. The van der Waals surface area contributed by atoms with Gasteiger partial charge in [-0.3, -0.25) is 9.63 Å². The first-order chi connectivity index (χ1) is 7.03. The molecule has 1 aromatic carbocycles. The summed E-state index contributed by atoms with van der Waals surface area (Å²) >= 11 is 0. The summed E-state index contributed by atoms with van der Waals surface area (Å²) in [5.41, 5.74) is -0.0404. The maximum atomic E-state index is 11.8. The number of nitrogens with zero attached hydrogens (tertiary/aromatic N) is 1. The summed E-state index contributed by atoms with van der Waals surface area (Å²) in [4.78, 5) is 26.6. The molecule has 15 heavy (non-hydrogen) atoms. The Morgan fingerprint density at radius 2 is 2.13 bits per heavy atom. The van der Waals surface area contributed by atoms with Crippen LogP contribution >= 0.6 is 0 Å². The van der Waals surface area contributed by atoms with Gasteiger partial charge in [-0.25, -0.2) is 0 Å². The predicted octanol–water partition coefficient (Wildman–Crippen LogP) is 1.39. The molecule has 0 bridgehead atoms. The molecule has 0 spiro atoms. The maximum absolute atomic E-state index is 11.8. The van der Waals surface area contributed by atoms with Crippen molar-refractivity contribution in [2.45, 2.75) is 18.9 Å². The zero-order valence-electron chi connectivity index (χ0n) is 8.10. The third kappa shape index (κ3) is 1.45. The smallest absolute Gasteiger partial charge is 0.295 e. The Morgan fingerprint density at radius 3 is 2.73 bits per heavy atom. The average molecular weight is 207 g/mol. The van der Waals surface area contributed by atoms with Crippen LogP contribution in [0.4, 0.5) is 0 Å². The second-order valence-electron chi connectivity index (χ2n) is 3.71. The number of hydrogen-bond donors (Lipinski definition) is 0. The highest BCUT2D eigenvalue weighted by atomic mass is 17.0. The Hall–Kier alpha value is -1.91. The third-order valence-corrected chi connectivity index (χ3v) is 2.55. The van der Waals surface area contributed by atoms with E-state index < -0.39 is 10.7 Å². The second-order valence-corrected chi connectivity index (χ2v) is 3.71. The Bertz CT molecular complexity index is 443. The van der Waals surface area contributed by atoms with Crippen LogP contribution in [-0.4, -0.2) is 16.5 Å². The number of ketones is 1. The molecule has 2 rings (SSSR count). The van der Waals surface area contributed by atoms with Gasteiger partial charge in [0.1, 0.15) is 0 Å². The Balaban J connectivity index is 2.38. The number of hydrogen-bond acceptors (Lipinski definition) is 4. The Kier molecular flexibility index (Phi) is 1.96. The Labute approximate surface area is 85.8 Å². The summed E-state index contributed by atoms with van der Waals surface area (Å²) in [6, 6.07) is 6.96. The minimum absolute atomic E-state index is 0.253. The molecular formula is C10H9NO4. The second kappa shape index (κ2) is 3.05. The van der Waals surface area contributed by atoms with Gasteiger partial charge in [-0.2, -0.15) is 0 Å². The van der Waals surface area contributed by atoms with Crippen LogP contribution in [0, 0.1) is 10.1 Å². The lowest BCUT2D eigenvalue weighted by atomic mass is 10.0. The number of carbonyl (C=O) groups is 1. The fraction of sp³-hybridized carbons (Fsp3) is 0.300. The standard InChI is InChI=1S/C10H9NO4/c1-10(15-11(13)14)6-7-4-2-3-5-8(7)9(10)12/h2-5H,6H2,1H3. The molecule has 0 amide bonds. The van der Waals surface area contributed by atoms with Gasteiger partial charge < -0.3 is 0 Å². The zero-order valence-corrected chi connectivity index (χ0v) is 8.10. The summed E-state index contributed by atoms with van der Waals surface area (Å²) < 4.78 is 0. The molecule has 78 valence electrons. The minimum Gasteiger partial charge on any atom is -0.299 e. The molecule has 0 saturated heterocycles. The number of carbonyl (C=O) groups excluding carboxylic acids is 1. The van der Waals surface area contributed by atoms with E-state index in [1.54, 1.807) is 24.3 Å². The van der Waals surface area contributed by atoms with Crippen molar-refractivity contribution in [1.82, 2.24) is 0 Å². The van der Waals surface area contributed by atoms with E-state index in [0.717, 1.165) is 5.56 Å². The van der Waals surface area contributed by atoms with Gasteiger partial charge in [0.05, 0.1) is 0 Å². The van der Waals surface area contributed by atoms with Gasteiger partial charge >= 0.3 is 0 Å². The SMILES string of the molecule is CC1(O[N+](=O)[O-])Cc2ccccc2C1=O. The van der Waals surface area contributed by atoms with E-state index >= 15 is 0 Å². The lowest BCUT2D eigenvalue weighted by Crippen LogP contribution is -2.37. The molecule has 5 heteroatoms. The normalized spacial score (nSPS) is 23.7. The molecule has 0 saturated carbocycles. The van der Waals surface area contributed by atoms with E-state index in [2.05, 4.69) is 4.84 Å². The van der Waals surface area contributed by atoms with E-state index in [9.17, 15) is 14.9 Å². The highest BCUT2D eigenvalue weighted by molar-refractivity contribution is 6.06. The molecule has 1 aliphatic carbocycles.